The molecule has 0 radical (unpaired) electrons. The van der Waals surface area contributed by atoms with E-state index >= 15 is 0 Å². The van der Waals surface area contributed by atoms with Gasteiger partial charge in [0.15, 0.2) is 17.3 Å². The summed E-state index contributed by atoms with van der Waals surface area (Å²) in [7, 11) is -2.36. The van der Waals surface area contributed by atoms with Crippen LogP contribution in [0.15, 0.2) is 51.8 Å². The van der Waals surface area contributed by atoms with E-state index in [0.717, 1.165) is 6.42 Å². The molecular weight excluding hydrogens is 468 g/mol. The first-order valence-electron chi connectivity index (χ1n) is 10.9. The molecule has 0 saturated carbocycles. The second-order valence-electron chi connectivity index (χ2n) is 8.08. The number of amides is 1. The summed E-state index contributed by atoms with van der Waals surface area (Å²) >= 11 is 0. The Morgan fingerprint density at radius 2 is 2.03 bits per heavy atom. The van der Waals surface area contributed by atoms with E-state index in [9.17, 15) is 22.0 Å². The molecule has 34 heavy (non-hydrogen) atoms. The van der Waals surface area contributed by atoms with Crippen LogP contribution in [0.5, 0.6) is 11.5 Å². The minimum Gasteiger partial charge on any atom is -0.493 e. The zero-order valence-electron chi connectivity index (χ0n) is 18.5. The first-order chi connectivity index (χ1) is 16.3. The first-order valence-corrected chi connectivity index (χ1v) is 12.3. The SMILES string of the molecule is COc1ccc(CCNC(=O)C2CCCN(C3=NS(=O)(=O)c4ccccc43)C2)cc1OC(F)F. The van der Waals surface area contributed by atoms with Crippen LogP contribution in [-0.4, -0.2) is 58.4 Å². The van der Waals surface area contributed by atoms with Crippen LogP contribution in [0.2, 0.25) is 0 Å². The van der Waals surface area contributed by atoms with Gasteiger partial charge in [-0.05, 0) is 49.1 Å². The zero-order valence-corrected chi connectivity index (χ0v) is 19.4. The predicted molar refractivity (Wildman–Crippen MR) is 121 cm³/mol. The molecule has 0 aliphatic carbocycles. The fourth-order valence-corrected chi connectivity index (χ4v) is 5.47. The lowest BCUT2D eigenvalue weighted by molar-refractivity contribution is -0.126. The van der Waals surface area contributed by atoms with Crippen molar-refractivity contribution in [3.05, 3.63) is 53.6 Å². The van der Waals surface area contributed by atoms with Crippen molar-refractivity contribution in [1.82, 2.24) is 10.2 Å². The molecule has 1 atom stereocenters. The van der Waals surface area contributed by atoms with E-state index in [1.54, 1.807) is 30.3 Å². The van der Waals surface area contributed by atoms with Gasteiger partial charge < -0.3 is 19.7 Å². The fraction of sp³-hybridized carbons (Fsp3) is 0.391. The third-order valence-electron chi connectivity index (χ3n) is 5.86. The Balaban J connectivity index is 1.36. The number of hydrogen-bond acceptors (Lipinski definition) is 6. The van der Waals surface area contributed by atoms with Gasteiger partial charge in [0.1, 0.15) is 4.90 Å². The van der Waals surface area contributed by atoms with Gasteiger partial charge in [-0.1, -0.05) is 18.2 Å². The number of ether oxygens (including phenoxy) is 2. The van der Waals surface area contributed by atoms with Crippen LogP contribution in [0, 0.1) is 5.92 Å². The van der Waals surface area contributed by atoms with Crippen LogP contribution < -0.4 is 14.8 Å². The summed E-state index contributed by atoms with van der Waals surface area (Å²) in [6.45, 7) is -1.67. The smallest absolute Gasteiger partial charge is 0.387 e. The maximum Gasteiger partial charge on any atom is 0.387 e. The molecule has 1 fully saturated rings. The van der Waals surface area contributed by atoms with Crippen molar-refractivity contribution in [1.29, 1.82) is 0 Å². The number of fused-ring (bicyclic) bond motifs is 1. The number of carbonyl (C=O) groups is 1. The molecular formula is C23H25F2N3O5S. The van der Waals surface area contributed by atoms with Gasteiger partial charge in [0.25, 0.3) is 10.0 Å². The summed E-state index contributed by atoms with van der Waals surface area (Å²) in [6, 6.07) is 11.4. The van der Waals surface area contributed by atoms with Crippen molar-refractivity contribution in [2.75, 3.05) is 26.7 Å². The summed E-state index contributed by atoms with van der Waals surface area (Å²) < 4.78 is 63.5. The largest absolute Gasteiger partial charge is 0.493 e. The molecule has 11 heteroatoms. The van der Waals surface area contributed by atoms with Gasteiger partial charge in [0.05, 0.1) is 13.0 Å². The highest BCUT2D eigenvalue weighted by Crippen LogP contribution is 2.31. The van der Waals surface area contributed by atoms with Crippen LogP contribution in [0.25, 0.3) is 0 Å². The van der Waals surface area contributed by atoms with Gasteiger partial charge in [0.2, 0.25) is 5.91 Å². The highest BCUT2D eigenvalue weighted by molar-refractivity contribution is 7.90. The Morgan fingerprint density at radius 3 is 2.79 bits per heavy atom. The van der Waals surface area contributed by atoms with E-state index in [2.05, 4.69) is 14.5 Å². The lowest BCUT2D eigenvalue weighted by atomic mass is 9.96. The molecule has 182 valence electrons. The summed E-state index contributed by atoms with van der Waals surface area (Å²) in [5, 5.41) is 2.89. The molecule has 2 aliphatic heterocycles. The number of halogens is 2. The number of nitrogens with zero attached hydrogens (tertiary/aromatic N) is 2. The van der Waals surface area contributed by atoms with Gasteiger partial charge >= 0.3 is 6.61 Å². The Hall–Kier alpha value is -3.21. The number of hydrogen-bond donors (Lipinski definition) is 1. The van der Waals surface area contributed by atoms with Gasteiger partial charge in [-0.3, -0.25) is 4.79 Å². The minimum atomic E-state index is -3.72. The number of piperidine rings is 1. The van der Waals surface area contributed by atoms with Crippen molar-refractivity contribution in [3.63, 3.8) is 0 Å². The van der Waals surface area contributed by atoms with Crippen LogP contribution in [0.3, 0.4) is 0 Å². The van der Waals surface area contributed by atoms with Crippen LogP contribution >= 0.6 is 0 Å². The van der Waals surface area contributed by atoms with Gasteiger partial charge in [-0.2, -0.15) is 17.2 Å². The number of methoxy groups -OCH3 is 1. The van der Waals surface area contributed by atoms with E-state index < -0.39 is 16.6 Å². The topological polar surface area (TPSA) is 97.3 Å². The Kier molecular flexibility index (Phi) is 7.01. The second-order valence-corrected chi connectivity index (χ2v) is 9.65. The highest BCUT2D eigenvalue weighted by Gasteiger charge is 2.35. The molecule has 0 bridgehead atoms. The lowest BCUT2D eigenvalue weighted by Crippen LogP contribution is -2.45. The maximum absolute atomic E-state index is 12.8. The quantitative estimate of drug-likeness (QED) is 0.637. The third-order valence-corrected chi connectivity index (χ3v) is 7.19. The number of rotatable bonds is 7. The molecule has 8 nitrogen and oxygen atoms in total. The molecule has 1 saturated heterocycles. The number of sulfonamides is 1. The number of benzene rings is 2. The average Bonchev–Trinajstić information content (AvgIpc) is 3.10. The molecule has 4 rings (SSSR count). The van der Waals surface area contributed by atoms with E-state index in [1.165, 1.54) is 19.2 Å². The zero-order chi connectivity index (χ0) is 24.3. The third kappa shape index (κ3) is 5.14. The highest BCUT2D eigenvalue weighted by atomic mass is 32.2. The number of amidine groups is 1. The fourth-order valence-electron chi connectivity index (χ4n) is 4.24. The van der Waals surface area contributed by atoms with Gasteiger partial charge in [-0.25, -0.2) is 0 Å². The molecule has 2 aromatic rings. The Morgan fingerprint density at radius 1 is 1.24 bits per heavy atom. The summed E-state index contributed by atoms with van der Waals surface area (Å²) in [5.41, 5.74) is 1.27. The summed E-state index contributed by atoms with van der Waals surface area (Å²) in [4.78, 5) is 14.8. The molecule has 1 unspecified atom stereocenters. The number of carbonyl (C=O) groups excluding carboxylic acids is 1. The van der Waals surface area contributed by atoms with Crippen molar-refractivity contribution < 1.29 is 31.5 Å². The molecule has 2 heterocycles. The van der Waals surface area contributed by atoms with Gasteiger partial charge in [0, 0.05) is 25.2 Å². The molecule has 1 amide bonds. The molecule has 0 spiro atoms. The average molecular weight is 494 g/mol. The predicted octanol–water partition coefficient (Wildman–Crippen LogP) is 2.82. The Labute approximate surface area is 196 Å². The molecule has 2 aromatic carbocycles. The van der Waals surface area contributed by atoms with E-state index in [0.29, 0.717) is 49.4 Å². The van der Waals surface area contributed by atoms with Crippen LogP contribution in [0.1, 0.15) is 24.0 Å². The van der Waals surface area contributed by atoms with Crippen LogP contribution in [-0.2, 0) is 21.2 Å². The summed E-state index contributed by atoms with van der Waals surface area (Å²) in [5.74, 6) is 0.0704. The van der Waals surface area contributed by atoms with E-state index in [-0.39, 0.29) is 28.2 Å². The standard InChI is InChI=1S/C23H25F2N3O5S/c1-32-18-9-8-15(13-19(18)33-23(24)25)10-11-26-22(29)16-5-4-12-28(14-16)21-17-6-2-3-7-20(17)34(30,31)27-21/h2-3,6-9,13,16,23H,4-5,10-12,14H2,1H3,(H,26,29). The van der Waals surface area contributed by atoms with Crippen molar-refractivity contribution >= 4 is 21.8 Å². The summed E-state index contributed by atoms with van der Waals surface area (Å²) in [6.07, 6.45) is 1.83. The van der Waals surface area contributed by atoms with Crippen molar-refractivity contribution in [2.24, 2.45) is 10.3 Å². The second kappa shape index (κ2) is 9.96. The van der Waals surface area contributed by atoms with Gasteiger partial charge in [-0.15, -0.1) is 4.40 Å². The minimum absolute atomic E-state index is 0.0585. The normalized spacial score (nSPS) is 18.9. The van der Waals surface area contributed by atoms with E-state index in [4.69, 9.17) is 4.74 Å². The van der Waals surface area contributed by atoms with Crippen molar-refractivity contribution in [3.8, 4) is 11.5 Å². The first kappa shape index (κ1) is 23.9. The Bertz CT molecular complexity index is 1200. The number of likely N-dealkylation sites (tertiary alicyclic amines) is 1. The number of nitrogens with one attached hydrogen (secondary N) is 1. The monoisotopic (exact) mass is 493 g/mol. The molecule has 2 aliphatic rings. The van der Waals surface area contributed by atoms with E-state index in [1.807, 2.05) is 4.90 Å². The molecule has 1 N–H and O–H groups in total. The van der Waals surface area contributed by atoms with Crippen molar-refractivity contribution in [2.45, 2.75) is 30.8 Å². The molecule has 0 aromatic heterocycles. The van der Waals surface area contributed by atoms with Crippen LogP contribution in [0.4, 0.5) is 8.78 Å². The lowest BCUT2D eigenvalue weighted by Gasteiger charge is -2.33. The number of alkyl halides is 2. The maximum atomic E-state index is 12.8.